The average molecular weight is 425 g/mol. The van der Waals surface area contributed by atoms with E-state index in [4.69, 9.17) is 16.3 Å². The van der Waals surface area contributed by atoms with Crippen molar-refractivity contribution in [2.24, 2.45) is 0 Å². The van der Waals surface area contributed by atoms with Gasteiger partial charge in [0.25, 0.3) is 0 Å². The molecule has 0 saturated heterocycles. The number of amides is 1. The zero-order valence-electron chi connectivity index (χ0n) is 14.7. The zero-order chi connectivity index (χ0) is 18.4. The Labute approximate surface area is 162 Å². The van der Waals surface area contributed by atoms with Gasteiger partial charge in [0.2, 0.25) is 5.91 Å². The van der Waals surface area contributed by atoms with Gasteiger partial charge in [-0.05, 0) is 63.7 Å². The maximum Gasteiger partial charge on any atom is 0.224 e. The highest BCUT2D eigenvalue weighted by Crippen LogP contribution is 2.31. The van der Waals surface area contributed by atoms with Crippen LogP contribution in [0.3, 0.4) is 0 Å². The molecule has 0 bridgehead atoms. The normalized spacial score (nSPS) is 11.2. The standard InChI is InChI=1S/C20H23BrClNO2/c1-20(2,3)14-9-10-18(17(21)12-14)25-11-5-8-19(24)23-16-7-4-6-15(22)13-16/h4,6-7,9-10,12-13H,5,8,11H2,1-3H3,(H,23,24). The van der Waals surface area contributed by atoms with Crippen LogP contribution in [-0.4, -0.2) is 12.5 Å². The average Bonchev–Trinajstić information content (AvgIpc) is 2.51. The van der Waals surface area contributed by atoms with Crippen molar-refractivity contribution < 1.29 is 9.53 Å². The third-order valence-corrected chi connectivity index (χ3v) is 4.57. The molecule has 5 heteroatoms. The number of benzene rings is 2. The van der Waals surface area contributed by atoms with E-state index >= 15 is 0 Å². The number of anilines is 1. The molecule has 1 amide bonds. The fourth-order valence-electron chi connectivity index (χ4n) is 2.29. The molecule has 0 fully saturated rings. The van der Waals surface area contributed by atoms with Gasteiger partial charge in [-0.1, -0.05) is 44.5 Å². The highest BCUT2D eigenvalue weighted by atomic mass is 79.9. The second kappa shape index (κ2) is 8.72. The largest absolute Gasteiger partial charge is 0.492 e. The van der Waals surface area contributed by atoms with Gasteiger partial charge in [0, 0.05) is 17.1 Å². The highest BCUT2D eigenvalue weighted by Gasteiger charge is 2.15. The molecule has 0 aliphatic rings. The van der Waals surface area contributed by atoms with E-state index in [0.29, 0.717) is 30.2 Å². The molecule has 2 rings (SSSR count). The summed E-state index contributed by atoms with van der Waals surface area (Å²) < 4.78 is 6.71. The monoisotopic (exact) mass is 423 g/mol. The van der Waals surface area contributed by atoms with Crippen LogP contribution in [0, 0.1) is 0 Å². The van der Waals surface area contributed by atoms with Crippen LogP contribution in [-0.2, 0) is 10.2 Å². The molecular weight excluding hydrogens is 402 g/mol. The van der Waals surface area contributed by atoms with Crippen LogP contribution in [0.25, 0.3) is 0 Å². The van der Waals surface area contributed by atoms with Crippen molar-refractivity contribution in [1.29, 1.82) is 0 Å². The van der Waals surface area contributed by atoms with Crippen LogP contribution >= 0.6 is 27.5 Å². The van der Waals surface area contributed by atoms with E-state index in [2.05, 4.69) is 54.2 Å². The number of hydrogen-bond acceptors (Lipinski definition) is 2. The minimum atomic E-state index is -0.0481. The van der Waals surface area contributed by atoms with Gasteiger partial charge in [0.05, 0.1) is 11.1 Å². The second-order valence-corrected chi connectivity index (χ2v) is 8.20. The molecule has 0 radical (unpaired) electrons. The summed E-state index contributed by atoms with van der Waals surface area (Å²) in [6.45, 7) is 7.01. The van der Waals surface area contributed by atoms with Gasteiger partial charge in [-0.2, -0.15) is 0 Å². The first-order valence-electron chi connectivity index (χ1n) is 8.24. The lowest BCUT2D eigenvalue weighted by Gasteiger charge is -2.20. The maximum atomic E-state index is 11.9. The Bertz CT molecular complexity index is 741. The SMILES string of the molecule is CC(C)(C)c1ccc(OCCCC(=O)Nc2cccc(Cl)c2)c(Br)c1. The van der Waals surface area contributed by atoms with Crippen molar-refractivity contribution in [3.8, 4) is 5.75 Å². The number of ether oxygens (including phenoxy) is 1. The van der Waals surface area contributed by atoms with Crippen molar-refractivity contribution in [2.75, 3.05) is 11.9 Å². The van der Waals surface area contributed by atoms with Crippen molar-refractivity contribution in [2.45, 2.75) is 39.0 Å². The minimum Gasteiger partial charge on any atom is -0.492 e. The molecule has 0 unspecified atom stereocenters. The summed E-state index contributed by atoms with van der Waals surface area (Å²) in [5, 5.41) is 3.43. The lowest BCUT2D eigenvalue weighted by molar-refractivity contribution is -0.116. The number of halogens is 2. The first kappa shape index (κ1) is 19.8. The zero-order valence-corrected chi connectivity index (χ0v) is 17.1. The molecular formula is C20H23BrClNO2. The molecule has 0 spiro atoms. The topological polar surface area (TPSA) is 38.3 Å². The van der Waals surface area contributed by atoms with E-state index in [9.17, 15) is 4.79 Å². The Balaban J connectivity index is 1.78. The fraction of sp³-hybridized carbons (Fsp3) is 0.350. The second-order valence-electron chi connectivity index (χ2n) is 6.91. The molecule has 0 saturated carbocycles. The van der Waals surface area contributed by atoms with Gasteiger partial charge in [-0.25, -0.2) is 0 Å². The number of rotatable bonds is 6. The lowest BCUT2D eigenvalue weighted by Crippen LogP contribution is -2.13. The smallest absolute Gasteiger partial charge is 0.224 e. The summed E-state index contributed by atoms with van der Waals surface area (Å²) in [7, 11) is 0. The van der Waals surface area contributed by atoms with Crippen molar-refractivity contribution in [3.63, 3.8) is 0 Å². The van der Waals surface area contributed by atoms with E-state index in [1.807, 2.05) is 12.1 Å². The van der Waals surface area contributed by atoms with Crippen LogP contribution < -0.4 is 10.1 Å². The minimum absolute atomic E-state index is 0.0481. The van der Waals surface area contributed by atoms with E-state index in [-0.39, 0.29) is 11.3 Å². The summed E-state index contributed by atoms with van der Waals surface area (Å²) in [5.41, 5.74) is 2.05. The van der Waals surface area contributed by atoms with E-state index in [0.717, 1.165) is 10.2 Å². The number of carbonyl (C=O) groups excluding carboxylic acids is 1. The van der Waals surface area contributed by atoms with E-state index in [1.54, 1.807) is 18.2 Å². The predicted octanol–water partition coefficient (Wildman–Crippen LogP) is 6.20. The summed E-state index contributed by atoms with van der Waals surface area (Å²) in [5.74, 6) is 0.747. The molecule has 1 N–H and O–H groups in total. The van der Waals surface area contributed by atoms with Crippen molar-refractivity contribution in [1.82, 2.24) is 0 Å². The fourth-order valence-corrected chi connectivity index (χ4v) is 2.97. The van der Waals surface area contributed by atoms with Gasteiger partial charge in [-0.15, -0.1) is 0 Å². The van der Waals surface area contributed by atoms with Gasteiger partial charge in [0.15, 0.2) is 0 Å². The van der Waals surface area contributed by atoms with Crippen molar-refractivity contribution >= 4 is 39.1 Å². The Morgan fingerprint density at radius 2 is 1.96 bits per heavy atom. The van der Waals surface area contributed by atoms with E-state index < -0.39 is 0 Å². The Morgan fingerprint density at radius 1 is 1.20 bits per heavy atom. The molecule has 25 heavy (non-hydrogen) atoms. The van der Waals surface area contributed by atoms with Crippen LogP contribution in [0.1, 0.15) is 39.2 Å². The highest BCUT2D eigenvalue weighted by molar-refractivity contribution is 9.10. The molecule has 0 aliphatic heterocycles. The van der Waals surface area contributed by atoms with E-state index in [1.165, 1.54) is 5.56 Å². The summed E-state index contributed by atoms with van der Waals surface area (Å²) in [6.07, 6.45) is 1.03. The first-order valence-corrected chi connectivity index (χ1v) is 9.41. The maximum absolute atomic E-state index is 11.9. The summed E-state index contributed by atoms with van der Waals surface area (Å²) in [4.78, 5) is 11.9. The molecule has 0 aliphatic carbocycles. The van der Waals surface area contributed by atoms with Gasteiger partial charge < -0.3 is 10.1 Å². The molecule has 3 nitrogen and oxygen atoms in total. The number of carbonyl (C=O) groups is 1. The van der Waals surface area contributed by atoms with Crippen LogP contribution in [0.5, 0.6) is 5.75 Å². The molecule has 0 heterocycles. The van der Waals surface area contributed by atoms with Gasteiger partial charge >= 0.3 is 0 Å². The lowest BCUT2D eigenvalue weighted by atomic mass is 9.87. The Hall–Kier alpha value is -1.52. The third kappa shape index (κ3) is 6.37. The number of nitrogens with one attached hydrogen (secondary N) is 1. The molecule has 0 aromatic heterocycles. The molecule has 2 aromatic carbocycles. The third-order valence-electron chi connectivity index (χ3n) is 3.71. The van der Waals surface area contributed by atoms with Crippen LogP contribution in [0.2, 0.25) is 5.02 Å². The Kier molecular flexibility index (Phi) is 6.91. The predicted molar refractivity (Wildman–Crippen MR) is 108 cm³/mol. The number of hydrogen-bond donors (Lipinski definition) is 1. The Morgan fingerprint density at radius 3 is 2.60 bits per heavy atom. The van der Waals surface area contributed by atoms with Crippen LogP contribution in [0.4, 0.5) is 5.69 Å². The van der Waals surface area contributed by atoms with Crippen molar-refractivity contribution in [3.05, 3.63) is 57.5 Å². The molecule has 0 atom stereocenters. The van der Waals surface area contributed by atoms with Crippen LogP contribution in [0.15, 0.2) is 46.9 Å². The summed E-state index contributed by atoms with van der Waals surface area (Å²) >= 11 is 9.46. The summed E-state index contributed by atoms with van der Waals surface area (Å²) in [6, 6.07) is 13.2. The van der Waals surface area contributed by atoms with Gasteiger partial charge in [-0.3, -0.25) is 4.79 Å². The first-order chi connectivity index (χ1) is 11.8. The molecule has 2 aromatic rings. The molecule has 134 valence electrons. The quantitative estimate of drug-likeness (QED) is 0.561. The van der Waals surface area contributed by atoms with Gasteiger partial charge in [0.1, 0.15) is 5.75 Å².